The third-order valence-electron chi connectivity index (χ3n) is 8.80. The van der Waals surface area contributed by atoms with E-state index in [-0.39, 0.29) is 23.8 Å². The number of likely N-dealkylation sites (tertiary alicyclic amines) is 1. The minimum absolute atomic E-state index is 0.114. The molecular formula is C30H41ClN4O4. The highest BCUT2D eigenvalue weighted by Gasteiger charge is 2.72. The van der Waals surface area contributed by atoms with Crippen LogP contribution in [0.5, 0.6) is 0 Å². The Morgan fingerprint density at radius 2 is 1.92 bits per heavy atom. The van der Waals surface area contributed by atoms with Crippen LogP contribution in [0.25, 0.3) is 0 Å². The molecule has 5 rings (SSSR count). The molecule has 3 fully saturated rings. The first-order chi connectivity index (χ1) is 18.8. The number of carbonyl (C=O) groups excluding carboxylic acids is 3. The molecule has 2 saturated heterocycles. The number of fused-ring (bicyclic) bond motifs is 1. The normalized spacial score (nSPS) is 29.7. The van der Waals surface area contributed by atoms with Gasteiger partial charge in [0.1, 0.15) is 11.6 Å². The molecule has 3 aliphatic heterocycles. The van der Waals surface area contributed by atoms with Crippen molar-refractivity contribution in [3.8, 4) is 0 Å². The third kappa shape index (κ3) is 5.61. The second kappa shape index (κ2) is 12.0. The maximum atomic E-state index is 14.1. The van der Waals surface area contributed by atoms with Crippen LogP contribution in [0.3, 0.4) is 0 Å². The number of rotatable bonds is 11. The minimum atomic E-state index is -1.13. The molecule has 1 saturated carbocycles. The van der Waals surface area contributed by atoms with Crippen LogP contribution in [0.4, 0.5) is 5.69 Å². The van der Waals surface area contributed by atoms with Gasteiger partial charge in [-0.25, -0.2) is 0 Å². The van der Waals surface area contributed by atoms with Crippen molar-refractivity contribution in [2.45, 2.75) is 82.1 Å². The van der Waals surface area contributed by atoms with E-state index in [0.717, 1.165) is 58.0 Å². The average Bonchev–Trinajstić information content (AvgIpc) is 3.55. The second-order valence-electron chi connectivity index (χ2n) is 11.6. The van der Waals surface area contributed by atoms with Crippen molar-refractivity contribution < 1.29 is 19.1 Å². The Morgan fingerprint density at radius 3 is 2.67 bits per heavy atom. The van der Waals surface area contributed by atoms with E-state index in [2.05, 4.69) is 29.5 Å². The van der Waals surface area contributed by atoms with Gasteiger partial charge in [-0.15, -0.1) is 0 Å². The number of halogens is 1. The lowest BCUT2D eigenvalue weighted by atomic mass is 9.74. The van der Waals surface area contributed by atoms with Crippen LogP contribution < -0.4 is 10.6 Å². The third-order valence-corrected chi connectivity index (χ3v) is 9.04. The first-order valence-corrected chi connectivity index (χ1v) is 14.9. The fourth-order valence-corrected chi connectivity index (χ4v) is 7.07. The Bertz CT molecular complexity index is 1110. The summed E-state index contributed by atoms with van der Waals surface area (Å²) in [6, 6.07) is 6.27. The van der Waals surface area contributed by atoms with Crippen LogP contribution >= 0.6 is 11.6 Å². The number of ether oxygens (including phenoxy) is 1. The molecule has 3 amide bonds. The number of nitrogens with one attached hydrogen (secondary N) is 2. The van der Waals surface area contributed by atoms with Crippen molar-refractivity contribution in [3.05, 3.63) is 41.4 Å². The lowest BCUT2D eigenvalue weighted by molar-refractivity contribution is -0.141. The highest BCUT2D eigenvalue weighted by Crippen LogP contribution is 2.55. The Morgan fingerprint density at radius 1 is 1.15 bits per heavy atom. The topological polar surface area (TPSA) is 91.0 Å². The van der Waals surface area contributed by atoms with Crippen LogP contribution in [-0.2, 0) is 19.1 Å². The molecule has 8 nitrogen and oxygen atoms in total. The molecule has 1 aromatic rings. The van der Waals surface area contributed by atoms with Gasteiger partial charge in [0.05, 0.1) is 17.9 Å². The van der Waals surface area contributed by atoms with Crippen LogP contribution in [0, 0.1) is 11.8 Å². The zero-order valence-corrected chi connectivity index (χ0v) is 23.8. The summed E-state index contributed by atoms with van der Waals surface area (Å²) in [6.45, 7) is 4.45. The average molecular weight is 557 g/mol. The smallest absolute Gasteiger partial charge is 0.246 e. The van der Waals surface area contributed by atoms with Gasteiger partial charge in [-0.05, 0) is 64.0 Å². The molecule has 39 heavy (non-hydrogen) atoms. The highest BCUT2D eigenvalue weighted by molar-refractivity contribution is 6.30. The SMILES string of the molecule is CCCCN(C)CCCN1C(=O)C2C(C(=O)Nc3cccc(Cl)c3)C3C=CC2(O3)C1C(=O)NC1CCCCC1. The molecule has 5 atom stereocenters. The summed E-state index contributed by atoms with van der Waals surface area (Å²) in [5, 5.41) is 6.69. The van der Waals surface area contributed by atoms with Gasteiger partial charge in [0.2, 0.25) is 17.7 Å². The van der Waals surface area contributed by atoms with Crippen molar-refractivity contribution in [2.75, 3.05) is 32.0 Å². The molecule has 4 aliphatic rings. The minimum Gasteiger partial charge on any atom is -0.359 e. The van der Waals surface area contributed by atoms with E-state index in [0.29, 0.717) is 17.3 Å². The van der Waals surface area contributed by atoms with E-state index in [4.69, 9.17) is 16.3 Å². The van der Waals surface area contributed by atoms with Crippen LogP contribution in [-0.4, -0.2) is 78.0 Å². The molecule has 0 radical (unpaired) electrons. The van der Waals surface area contributed by atoms with Gasteiger partial charge in [-0.2, -0.15) is 0 Å². The molecule has 0 aromatic heterocycles. The molecule has 9 heteroatoms. The molecule has 3 heterocycles. The number of unbranched alkanes of at least 4 members (excludes halogenated alkanes) is 1. The monoisotopic (exact) mass is 556 g/mol. The summed E-state index contributed by atoms with van der Waals surface area (Å²) in [5.74, 6) is -2.10. The summed E-state index contributed by atoms with van der Waals surface area (Å²) in [6.07, 6.45) is 11.5. The summed E-state index contributed by atoms with van der Waals surface area (Å²) < 4.78 is 6.45. The Hall–Kier alpha value is -2.42. The number of nitrogens with zero attached hydrogens (tertiary/aromatic N) is 2. The maximum Gasteiger partial charge on any atom is 0.246 e. The number of anilines is 1. The number of hydrogen-bond acceptors (Lipinski definition) is 5. The van der Waals surface area contributed by atoms with Gasteiger partial charge >= 0.3 is 0 Å². The fourth-order valence-electron chi connectivity index (χ4n) is 6.88. The first kappa shape index (κ1) is 28.1. The predicted molar refractivity (Wildman–Crippen MR) is 151 cm³/mol. The number of hydrogen-bond donors (Lipinski definition) is 2. The summed E-state index contributed by atoms with van der Waals surface area (Å²) in [7, 11) is 2.09. The van der Waals surface area contributed by atoms with Gasteiger partial charge in [-0.1, -0.05) is 62.4 Å². The van der Waals surface area contributed by atoms with Crippen LogP contribution in [0.15, 0.2) is 36.4 Å². The van der Waals surface area contributed by atoms with E-state index in [1.54, 1.807) is 29.2 Å². The van der Waals surface area contributed by atoms with Gasteiger partial charge < -0.3 is 25.2 Å². The summed E-state index contributed by atoms with van der Waals surface area (Å²) >= 11 is 6.12. The molecule has 2 N–H and O–H groups in total. The molecule has 1 aliphatic carbocycles. The summed E-state index contributed by atoms with van der Waals surface area (Å²) in [5.41, 5.74) is -0.567. The van der Waals surface area contributed by atoms with Crippen molar-refractivity contribution in [3.63, 3.8) is 0 Å². The second-order valence-corrected chi connectivity index (χ2v) is 12.0. The zero-order valence-electron chi connectivity index (χ0n) is 23.0. The maximum absolute atomic E-state index is 14.1. The standard InChI is InChI=1S/C30H41ClN4O4/c1-3-4-16-34(2)17-9-18-35-26(28(37)32-21-11-6-5-7-12-21)30-15-14-23(39-30)24(25(30)29(35)38)27(36)33-22-13-8-10-20(31)19-22/h8,10,13-15,19,21,23-26H,3-7,9,11-12,16-18H2,1-2H3,(H,32,37)(H,33,36). The number of carbonyl (C=O) groups is 3. The van der Waals surface area contributed by atoms with Crippen molar-refractivity contribution in [2.24, 2.45) is 11.8 Å². The Labute approximate surface area is 236 Å². The highest BCUT2D eigenvalue weighted by atomic mass is 35.5. The van der Waals surface area contributed by atoms with Crippen LogP contribution in [0.1, 0.15) is 58.3 Å². The van der Waals surface area contributed by atoms with E-state index in [1.165, 1.54) is 6.42 Å². The van der Waals surface area contributed by atoms with E-state index < -0.39 is 29.6 Å². The Kier molecular flexibility index (Phi) is 8.64. The van der Waals surface area contributed by atoms with E-state index in [9.17, 15) is 14.4 Å². The van der Waals surface area contributed by atoms with Gasteiger partial charge in [0, 0.05) is 23.3 Å². The van der Waals surface area contributed by atoms with Crippen LogP contribution in [0.2, 0.25) is 5.02 Å². The molecular weight excluding hydrogens is 516 g/mol. The number of benzene rings is 1. The number of amides is 3. The van der Waals surface area contributed by atoms with Gasteiger partial charge in [0.25, 0.3) is 0 Å². The molecule has 5 unspecified atom stereocenters. The predicted octanol–water partition coefficient (Wildman–Crippen LogP) is 4.00. The lowest BCUT2D eigenvalue weighted by Crippen LogP contribution is -2.56. The quantitative estimate of drug-likeness (QED) is 0.402. The fraction of sp³-hybridized carbons (Fsp3) is 0.633. The summed E-state index contributed by atoms with van der Waals surface area (Å²) in [4.78, 5) is 45.5. The van der Waals surface area contributed by atoms with Crippen molar-refractivity contribution in [1.29, 1.82) is 0 Å². The van der Waals surface area contributed by atoms with E-state index in [1.807, 2.05) is 12.2 Å². The molecule has 1 spiro atoms. The lowest BCUT2D eigenvalue weighted by Gasteiger charge is -2.34. The van der Waals surface area contributed by atoms with Crippen molar-refractivity contribution >= 4 is 35.0 Å². The van der Waals surface area contributed by atoms with Crippen molar-refractivity contribution in [1.82, 2.24) is 15.1 Å². The largest absolute Gasteiger partial charge is 0.359 e. The van der Waals surface area contributed by atoms with Gasteiger partial charge in [0.15, 0.2) is 0 Å². The zero-order chi connectivity index (χ0) is 27.6. The Balaban J connectivity index is 1.37. The molecule has 2 bridgehead atoms. The van der Waals surface area contributed by atoms with E-state index >= 15 is 0 Å². The molecule has 1 aromatic carbocycles. The first-order valence-electron chi connectivity index (χ1n) is 14.6. The van der Waals surface area contributed by atoms with Gasteiger partial charge in [-0.3, -0.25) is 14.4 Å². The molecule has 212 valence electrons.